The van der Waals surface area contributed by atoms with Crippen molar-refractivity contribution in [3.63, 3.8) is 0 Å². The molecule has 0 saturated carbocycles. The molecule has 1 heterocycles. The molecule has 1 aromatic rings. The Kier molecular flexibility index (Phi) is 4.43. The second-order valence-electron chi connectivity index (χ2n) is 5.55. The van der Waals surface area contributed by atoms with Crippen LogP contribution in [0.4, 0.5) is 5.69 Å². The van der Waals surface area contributed by atoms with Gasteiger partial charge >= 0.3 is 0 Å². The van der Waals surface area contributed by atoms with Gasteiger partial charge in [0.25, 0.3) is 5.91 Å². The van der Waals surface area contributed by atoms with Crippen LogP contribution in [0.15, 0.2) is 24.3 Å². The molecule has 1 saturated heterocycles. The molecule has 4 nitrogen and oxygen atoms in total. The van der Waals surface area contributed by atoms with Gasteiger partial charge in [-0.3, -0.25) is 4.79 Å². The molecule has 0 bridgehead atoms. The van der Waals surface area contributed by atoms with Crippen LogP contribution in [-0.2, 0) is 0 Å². The molecule has 0 aliphatic carbocycles. The van der Waals surface area contributed by atoms with Gasteiger partial charge in [-0.1, -0.05) is 0 Å². The lowest BCUT2D eigenvalue weighted by Crippen LogP contribution is -2.37. The molecule has 19 heavy (non-hydrogen) atoms. The summed E-state index contributed by atoms with van der Waals surface area (Å²) in [7, 11) is 4.04. The van der Waals surface area contributed by atoms with E-state index < -0.39 is 0 Å². The van der Waals surface area contributed by atoms with E-state index >= 15 is 0 Å². The Bertz CT molecular complexity index is 422. The van der Waals surface area contributed by atoms with Crippen molar-refractivity contribution in [1.82, 2.24) is 9.80 Å². The average molecular weight is 261 g/mol. The predicted octanol–water partition coefficient (Wildman–Crippen LogP) is 1.68. The van der Waals surface area contributed by atoms with Gasteiger partial charge in [0, 0.05) is 24.8 Å². The lowest BCUT2D eigenvalue weighted by molar-refractivity contribution is 0.0747. The van der Waals surface area contributed by atoms with Gasteiger partial charge in [-0.2, -0.15) is 0 Å². The maximum Gasteiger partial charge on any atom is 0.253 e. The van der Waals surface area contributed by atoms with Gasteiger partial charge in [-0.15, -0.1) is 0 Å². The summed E-state index contributed by atoms with van der Waals surface area (Å²) in [4.78, 5) is 16.4. The standard InChI is InChI=1S/C15H23N3O/c1-17-9-7-12(8-10-17)11-18(2)15(19)13-3-5-14(16)6-4-13/h3-6,12H,7-11,16H2,1-2H3. The van der Waals surface area contributed by atoms with E-state index in [4.69, 9.17) is 5.73 Å². The van der Waals surface area contributed by atoms with Gasteiger partial charge in [-0.05, 0) is 63.2 Å². The third kappa shape index (κ3) is 3.70. The topological polar surface area (TPSA) is 49.6 Å². The Balaban J connectivity index is 1.90. The first-order chi connectivity index (χ1) is 9.06. The molecular weight excluding hydrogens is 238 g/mol. The molecule has 1 aliphatic rings. The first-order valence-electron chi connectivity index (χ1n) is 6.86. The van der Waals surface area contributed by atoms with Crippen molar-refractivity contribution in [1.29, 1.82) is 0 Å². The highest BCUT2D eigenvalue weighted by atomic mass is 16.2. The maximum absolute atomic E-state index is 12.3. The number of nitrogens with two attached hydrogens (primary N) is 1. The molecule has 2 N–H and O–H groups in total. The molecule has 0 unspecified atom stereocenters. The van der Waals surface area contributed by atoms with Gasteiger partial charge in [0.05, 0.1) is 0 Å². The summed E-state index contributed by atoms with van der Waals surface area (Å²) in [5, 5.41) is 0. The normalized spacial score (nSPS) is 17.4. The highest BCUT2D eigenvalue weighted by Gasteiger charge is 2.20. The monoisotopic (exact) mass is 261 g/mol. The first kappa shape index (κ1) is 13.9. The summed E-state index contributed by atoms with van der Waals surface area (Å²) in [6, 6.07) is 7.14. The maximum atomic E-state index is 12.3. The summed E-state index contributed by atoms with van der Waals surface area (Å²) in [5.41, 5.74) is 7.04. The number of amides is 1. The fraction of sp³-hybridized carbons (Fsp3) is 0.533. The summed E-state index contributed by atoms with van der Waals surface area (Å²) in [5.74, 6) is 0.706. The number of rotatable bonds is 3. The fourth-order valence-electron chi connectivity index (χ4n) is 2.56. The number of carbonyl (C=O) groups excluding carboxylic acids is 1. The summed E-state index contributed by atoms with van der Waals surface area (Å²) in [6.07, 6.45) is 2.35. The van der Waals surface area contributed by atoms with E-state index in [-0.39, 0.29) is 5.91 Å². The average Bonchev–Trinajstić information content (AvgIpc) is 2.41. The largest absolute Gasteiger partial charge is 0.399 e. The van der Waals surface area contributed by atoms with Gasteiger partial charge in [-0.25, -0.2) is 0 Å². The predicted molar refractivity (Wildman–Crippen MR) is 78.0 cm³/mol. The third-order valence-corrected chi connectivity index (χ3v) is 3.87. The number of benzene rings is 1. The highest BCUT2D eigenvalue weighted by Crippen LogP contribution is 2.18. The van der Waals surface area contributed by atoms with Crippen molar-refractivity contribution >= 4 is 11.6 Å². The quantitative estimate of drug-likeness (QED) is 0.842. The van der Waals surface area contributed by atoms with Crippen molar-refractivity contribution in [3.05, 3.63) is 29.8 Å². The molecule has 1 fully saturated rings. The van der Waals surface area contributed by atoms with Crippen LogP contribution in [0.5, 0.6) is 0 Å². The van der Waals surface area contributed by atoms with E-state index in [9.17, 15) is 4.79 Å². The van der Waals surface area contributed by atoms with Crippen LogP contribution >= 0.6 is 0 Å². The zero-order chi connectivity index (χ0) is 13.8. The molecule has 0 aromatic heterocycles. The zero-order valence-electron chi connectivity index (χ0n) is 11.8. The molecule has 0 spiro atoms. The molecule has 1 aromatic carbocycles. The Labute approximate surface area is 115 Å². The summed E-state index contributed by atoms with van der Waals surface area (Å²) >= 11 is 0. The van der Waals surface area contributed by atoms with Crippen LogP contribution in [0, 0.1) is 5.92 Å². The molecule has 4 heteroatoms. The SMILES string of the molecule is CN1CCC(CN(C)C(=O)c2ccc(N)cc2)CC1. The van der Waals surface area contributed by atoms with Crippen molar-refractivity contribution in [3.8, 4) is 0 Å². The second kappa shape index (κ2) is 6.06. The van der Waals surface area contributed by atoms with Crippen LogP contribution < -0.4 is 5.73 Å². The molecule has 1 aliphatic heterocycles. The highest BCUT2D eigenvalue weighted by molar-refractivity contribution is 5.94. The first-order valence-corrected chi connectivity index (χ1v) is 6.86. The van der Waals surface area contributed by atoms with Crippen LogP contribution in [0.25, 0.3) is 0 Å². The lowest BCUT2D eigenvalue weighted by Gasteiger charge is -2.31. The fourth-order valence-corrected chi connectivity index (χ4v) is 2.56. The summed E-state index contributed by atoms with van der Waals surface area (Å²) in [6.45, 7) is 3.11. The number of anilines is 1. The molecule has 104 valence electrons. The second-order valence-corrected chi connectivity index (χ2v) is 5.55. The molecule has 1 amide bonds. The van der Waals surface area contributed by atoms with Crippen molar-refractivity contribution in [2.45, 2.75) is 12.8 Å². The number of carbonyl (C=O) groups is 1. The Morgan fingerprint density at radius 2 is 1.89 bits per heavy atom. The minimum absolute atomic E-state index is 0.0823. The number of nitrogen functional groups attached to an aromatic ring is 1. The van der Waals surface area contributed by atoms with Gasteiger partial charge < -0.3 is 15.5 Å². The minimum atomic E-state index is 0.0823. The molecule has 0 atom stereocenters. The van der Waals surface area contributed by atoms with Crippen LogP contribution in [0.3, 0.4) is 0 Å². The van der Waals surface area contributed by atoms with Crippen LogP contribution in [0.2, 0.25) is 0 Å². The van der Waals surface area contributed by atoms with Gasteiger partial charge in [0.15, 0.2) is 0 Å². The van der Waals surface area contributed by atoms with Gasteiger partial charge in [0.2, 0.25) is 0 Å². The van der Waals surface area contributed by atoms with Gasteiger partial charge in [0.1, 0.15) is 0 Å². The Morgan fingerprint density at radius 3 is 2.47 bits per heavy atom. The number of likely N-dealkylation sites (tertiary alicyclic amines) is 1. The van der Waals surface area contributed by atoms with E-state index in [1.165, 1.54) is 12.8 Å². The van der Waals surface area contributed by atoms with E-state index in [1.54, 1.807) is 24.3 Å². The van der Waals surface area contributed by atoms with E-state index in [2.05, 4.69) is 11.9 Å². The summed E-state index contributed by atoms with van der Waals surface area (Å²) < 4.78 is 0. The van der Waals surface area contributed by atoms with E-state index in [0.717, 1.165) is 19.6 Å². The number of nitrogens with zero attached hydrogens (tertiary/aromatic N) is 2. The smallest absolute Gasteiger partial charge is 0.253 e. The number of piperidine rings is 1. The lowest BCUT2D eigenvalue weighted by atomic mass is 9.96. The number of hydrogen-bond donors (Lipinski definition) is 1. The van der Waals surface area contributed by atoms with E-state index in [0.29, 0.717) is 17.2 Å². The molecular formula is C15H23N3O. The zero-order valence-corrected chi connectivity index (χ0v) is 11.8. The van der Waals surface area contributed by atoms with Crippen molar-refractivity contribution < 1.29 is 4.79 Å². The van der Waals surface area contributed by atoms with Crippen LogP contribution in [0.1, 0.15) is 23.2 Å². The Hall–Kier alpha value is -1.55. The third-order valence-electron chi connectivity index (χ3n) is 3.87. The Morgan fingerprint density at radius 1 is 1.32 bits per heavy atom. The van der Waals surface area contributed by atoms with Crippen molar-refractivity contribution in [2.75, 3.05) is 39.5 Å². The molecule has 0 radical (unpaired) electrons. The van der Waals surface area contributed by atoms with E-state index in [1.807, 2.05) is 11.9 Å². The van der Waals surface area contributed by atoms with Crippen molar-refractivity contribution in [2.24, 2.45) is 5.92 Å². The molecule has 2 rings (SSSR count). The minimum Gasteiger partial charge on any atom is -0.399 e. The van der Waals surface area contributed by atoms with Crippen LogP contribution in [-0.4, -0.2) is 49.4 Å². The number of hydrogen-bond acceptors (Lipinski definition) is 3.